The van der Waals surface area contributed by atoms with Gasteiger partial charge in [-0.05, 0) is 146 Å². The third-order valence-corrected chi connectivity index (χ3v) is 14.7. The number of guanidine groups is 2. The standard InChI is InChI=1S/C57H99N19O11S/c1-34(2)30-45(49(81)69-33-36(77)21-22-47(78)79)75-52(84)41(18-7-10-25-59)71-50(82)40(17-6-9-24-58)73-55(87)46(31-35-32-68-39-16-5-4-14-37(35)39)76-53(85)42(19-8-11-26-60)72-54(86)44(23-29-88-3)74-51(83)43(20-13-28-67-57(64)65)70-48(80)38(61)15-12-27-66-56(62)63/h4-5,14,16,32,34,38,40-46,68H,6-13,15,17-31,33,58-61H2,1-3H3,(H,69,81)(H,70,80)(H,71,82)(H,72,86)(H,73,87)(H,74,83)(H,75,84)(H,76,85)(H,78,79)(H4,62,63,66)(H4,64,65,67)/t38-,40-,41-,42-,43-,44-,45-,46-/m0/s1. The average molecular weight is 1260 g/mol. The van der Waals surface area contributed by atoms with E-state index < -0.39 is 120 Å². The molecule has 0 aliphatic heterocycles. The van der Waals surface area contributed by atoms with Crippen LogP contribution >= 0.6 is 11.8 Å². The highest BCUT2D eigenvalue weighted by molar-refractivity contribution is 7.98. The number of ketones is 1. The molecule has 2 rings (SSSR count). The molecule has 30 nitrogen and oxygen atoms in total. The number of carboxylic acids is 1. The number of rotatable bonds is 47. The number of H-pyrrole nitrogens is 1. The Balaban J connectivity index is 2.58. The number of thioether (sulfide) groups is 1. The van der Waals surface area contributed by atoms with Gasteiger partial charge >= 0.3 is 5.97 Å². The highest BCUT2D eigenvalue weighted by atomic mass is 32.2. The smallest absolute Gasteiger partial charge is 0.303 e. The second kappa shape index (κ2) is 43.1. The highest BCUT2D eigenvalue weighted by Crippen LogP contribution is 2.20. The molecular weight excluding hydrogens is 1160 g/mol. The van der Waals surface area contributed by atoms with Crippen molar-refractivity contribution in [1.82, 2.24) is 47.5 Å². The summed E-state index contributed by atoms with van der Waals surface area (Å²) in [6.07, 6.45) is 6.38. The lowest BCUT2D eigenvalue weighted by Crippen LogP contribution is -2.60. The predicted octanol–water partition coefficient (Wildman–Crippen LogP) is -2.73. The molecule has 0 aliphatic carbocycles. The number of benzene rings is 1. The fourth-order valence-electron chi connectivity index (χ4n) is 9.20. The summed E-state index contributed by atoms with van der Waals surface area (Å²) < 4.78 is 0. The Morgan fingerprint density at radius 1 is 0.534 bits per heavy atom. The number of para-hydroxylation sites is 1. The van der Waals surface area contributed by atoms with Gasteiger partial charge < -0.3 is 98.5 Å². The molecular formula is C57H99N19O11S. The normalized spacial score (nSPS) is 13.9. The molecule has 1 aromatic carbocycles. The Morgan fingerprint density at radius 2 is 0.955 bits per heavy atom. The Hall–Kier alpha value is -7.61. The average Bonchev–Trinajstić information content (AvgIpc) is 3.83. The van der Waals surface area contributed by atoms with Gasteiger partial charge in [-0.2, -0.15) is 11.8 Å². The molecule has 0 spiro atoms. The fourth-order valence-corrected chi connectivity index (χ4v) is 9.67. The van der Waals surface area contributed by atoms with Crippen LogP contribution in [0.1, 0.15) is 129 Å². The summed E-state index contributed by atoms with van der Waals surface area (Å²) in [6, 6.07) is -2.57. The molecule has 0 radical (unpaired) electrons. The molecule has 0 bridgehead atoms. The minimum Gasteiger partial charge on any atom is -0.481 e. The summed E-state index contributed by atoms with van der Waals surface area (Å²) in [4.78, 5) is 148. The first-order valence-electron chi connectivity index (χ1n) is 30.1. The summed E-state index contributed by atoms with van der Waals surface area (Å²) >= 11 is 1.40. The molecule has 8 atom stereocenters. The summed E-state index contributed by atoms with van der Waals surface area (Å²) in [7, 11) is 0. The second-order valence-corrected chi connectivity index (χ2v) is 22.9. The number of carboxylic acid groups (broad SMARTS) is 1. The number of amides is 8. The Kier molecular flexibility index (Phi) is 37.5. The Labute approximate surface area is 519 Å². The van der Waals surface area contributed by atoms with E-state index in [1.54, 1.807) is 12.3 Å². The summed E-state index contributed by atoms with van der Waals surface area (Å²) in [5.74, 6) is -7.57. The first-order valence-corrected chi connectivity index (χ1v) is 31.5. The van der Waals surface area contributed by atoms with E-state index in [0.29, 0.717) is 56.3 Å². The van der Waals surface area contributed by atoms with Gasteiger partial charge in [0.25, 0.3) is 0 Å². The van der Waals surface area contributed by atoms with Crippen molar-refractivity contribution in [3.05, 3.63) is 36.0 Å². The molecule has 88 heavy (non-hydrogen) atoms. The molecule has 0 unspecified atom stereocenters. The lowest BCUT2D eigenvalue weighted by molar-refractivity contribution is -0.138. The maximum absolute atomic E-state index is 14.9. The van der Waals surface area contributed by atoms with Crippen molar-refractivity contribution >= 4 is 93.6 Å². The zero-order chi connectivity index (χ0) is 65.6. The SMILES string of the molecule is CSCC[C@H](NC(=O)[C@H](CCCN=C(N)N)NC(=O)[C@@H](N)CCCN=C(N)N)C(=O)N[C@@H](CCCCN)C(=O)N[C@@H](Cc1c[nH]c2ccccc12)C(=O)N[C@@H](CCCCN)C(=O)N[C@@H](CCCCN)C(=O)N[C@@H](CC(C)C)C(=O)NCC(=O)CCC(=O)O. The van der Waals surface area contributed by atoms with Crippen LogP contribution in [-0.4, -0.2) is 181 Å². The first-order chi connectivity index (χ1) is 41.9. The fraction of sp³-hybridized carbons (Fsp3) is 0.649. The van der Waals surface area contributed by atoms with Gasteiger partial charge in [0.1, 0.15) is 42.3 Å². The number of Topliss-reactive ketones (excluding diaryl/α,β-unsaturated/α-hetero) is 1. The van der Waals surface area contributed by atoms with Crippen molar-refractivity contribution in [3.8, 4) is 0 Å². The molecule has 494 valence electrons. The third-order valence-electron chi connectivity index (χ3n) is 14.0. The van der Waals surface area contributed by atoms with Crippen molar-refractivity contribution in [3.63, 3.8) is 0 Å². The van der Waals surface area contributed by atoms with E-state index in [0.717, 1.165) is 10.9 Å². The van der Waals surface area contributed by atoms with Crippen LogP contribution in [0.2, 0.25) is 0 Å². The number of aliphatic imine (C=N–C) groups is 2. The number of hydrogen-bond acceptors (Lipinski definition) is 17. The van der Waals surface area contributed by atoms with Gasteiger partial charge in [-0.25, -0.2) is 0 Å². The van der Waals surface area contributed by atoms with Gasteiger partial charge in [0, 0.05) is 43.0 Å². The van der Waals surface area contributed by atoms with E-state index in [9.17, 15) is 47.9 Å². The zero-order valence-electron chi connectivity index (χ0n) is 51.2. The monoisotopic (exact) mass is 1260 g/mol. The zero-order valence-corrected chi connectivity index (χ0v) is 52.0. The van der Waals surface area contributed by atoms with Crippen LogP contribution < -0.4 is 88.4 Å². The van der Waals surface area contributed by atoms with E-state index in [-0.39, 0.29) is 115 Å². The van der Waals surface area contributed by atoms with Crippen molar-refractivity contribution in [2.45, 2.75) is 178 Å². The number of hydrogen-bond donors (Lipinski definition) is 18. The number of carbonyl (C=O) groups is 10. The third kappa shape index (κ3) is 30.8. The number of fused-ring (bicyclic) bond motifs is 1. The van der Waals surface area contributed by atoms with Gasteiger partial charge in [-0.15, -0.1) is 0 Å². The van der Waals surface area contributed by atoms with Crippen molar-refractivity contribution in [2.24, 2.45) is 61.8 Å². The van der Waals surface area contributed by atoms with E-state index in [4.69, 9.17) is 51.0 Å². The van der Waals surface area contributed by atoms with E-state index >= 15 is 0 Å². The van der Waals surface area contributed by atoms with E-state index in [1.165, 1.54) is 11.8 Å². The van der Waals surface area contributed by atoms with Crippen molar-refractivity contribution in [1.29, 1.82) is 0 Å². The number of nitrogens with zero attached hydrogens (tertiary/aromatic N) is 2. The highest BCUT2D eigenvalue weighted by Gasteiger charge is 2.35. The number of carbonyl (C=O) groups excluding carboxylic acids is 9. The minimum atomic E-state index is -1.39. The van der Waals surface area contributed by atoms with Gasteiger partial charge in [0.15, 0.2) is 17.7 Å². The van der Waals surface area contributed by atoms with Gasteiger partial charge in [0.2, 0.25) is 47.3 Å². The van der Waals surface area contributed by atoms with Crippen LogP contribution in [-0.2, 0) is 54.4 Å². The Morgan fingerprint density at radius 3 is 1.41 bits per heavy atom. The maximum Gasteiger partial charge on any atom is 0.303 e. The number of aliphatic carboxylic acids is 1. The molecule has 0 aliphatic rings. The van der Waals surface area contributed by atoms with E-state index in [2.05, 4.69) is 57.5 Å². The van der Waals surface area contributed by atoms with Crippen LogP contribution in [0, 0.1) is 5.92 Å². The number of aromatic nitrogens is 1. The molecule has 26 N–H and O–H groups in total. The molecule has 2 aromatic rings. The van der Waals surface area contributed by atoms with E-state index in [1.807, 2.05) is 38.3 Å². The van der Waals surface area contributed by atoms with Crippen LogP contribution in [0.3, 0.4) is 0 Å². The number of unbranched alkanes of at least 4 members (excludes halogenated alkanes) is 3. The second-order valence-electron chi connectivity index (χ2n) is 21.9. The molecule has 0 fully saturated rings. The molecule has 1 aromatic heterocycles. The van der Waals surface area contributed by atoms with Crippen LogP contribution in [0.25, 0.3) is 10.9 Å². The van der Waals surface area contributed by atoms with Gasteiger partial charge in [0.05, 0.1) is 19.0 Å². The number of nitrogens with two attached hydrogens (primary N) is 8. The first kappa shape index (κ1) is 76.5. The predicted molar refractivity (Wildman–Crippen MR) is 339 cm³/mol. The molecule has 0 saturated heterocycles. The van der Waals surface area contributed by atoms with Gasteiger partial charge in [-0.3, -0.25) is 57.9 Å². The topological polar surface area (TPSA) is 536 Å². The number of nitrogens with one attached hydrogen (secondary N) is 9. The number of aromatic amines is 1. The maximum atomic E-state index is 14.9. The van der Waals surface area contributed by atoms with Gasteiger partial charge in [-0.1, -0.05) is 32.0 Å². The largest absolute Gasteiger partial charge is 0.481 e. The lowest BCUT2D eigenvalue weighted by Gasteiger charge is -2.28. The minimum absolute atomic E-state index is 0.0425. The quantitative estimate of drug-likeness (QED) is 0.0182. The summed E-state index contributed by atoms with van der Waals surface area (Å²) in [5.41, 5.74) is 47.0. The summed E-state index contributed by atoms with van der Waals surface area (Å²) in [5, 5.41) is 31.6. The van der Waals surface area contributed by atoms with Crippen LogP contribution in [0.15, 0.2) is 40.4 Å². The molecule has 0 saturated carbocycles. The van der Waals surface area contributed by atoms with Crippen molar-refractivity contribution in [2.75, 3.05) is 51.3 Å². The molecule has 8 amide bonds. The van der Waals surface area contributed by atoms with Crippen LogP contribution in [0.4, 0.5) is 0 Å². The lowest BCUT2D eigenvalue weighted by atomic mass is 10.0. The molecule has 31 heteroatoms. The van der Waals surface area contributed by atoms with Crippen LogP contribution in [0.5, 0.6) is 0 Å². The Bertz CT molecular complexity index is 2600. The molecule has 1 heterocycles. The summed E-state index contributed by atoms with van der Waals surface area (Å²) in [6.45, 7) is 4.31. The van der Waals surface area contributed by atoms with Crippen molar-refractivity contribution < 1.29 is 53.1 Å².